The van der Waals surface area contributed by atoms with Gasteiger partial charge >= 0.3 is 5.97 Å². The molecule has 0 aromatic heterocycles. The maximum atomic E-state index is 11.4. The van der Waals surface area contributed by atoms with Gasteiger partial charge in [-0.05, 0) is 65.2 Å². The summed E-state index contributed by atoms with van der Waals surface area (Å²) in [5, 5.41) is 9.36. The van der Waals surface area contributed by atoms with Crippen molar-refractivity contribution in [1.82, 2.24) is 9.80 Å². The van der Waals surface area contributed by atoms with Crippen LogP contribution in [-0.2, 0) is 4.79 Å². The van der Waals surface area contributed by atoms with Crippen LogP contribution in [0.2, 0.25) is 0 Å². The van der Waals surface area contributed by atoms with Crippen LogP contribution in [0.15, 0.2) is 0 Å². The quantitative estimate of drug-likeness (QED) is 0.760. The first-order valence-electron chi connectivity index (χ1n) is 7.84. The number of carbonyl (C=O) groups is 1. The molecule has 1 aliphatic carbocycles. The third-order valence-electron chi connectivity index (χ3n) is 5.11. The molecule has 0 spiro atoms. The Kier molecular flexibility index (Phi) is 5.04. The Bertz CT molecular complexity index is 348. The van der Waals surface area contributed by atoms with E-state index in [1.165, 1.54) is 12.8 Å². The fourth-order valence-corrected chi connectivity index (χ4v) is 3.93. The van der Waals surface area contributed by atoms with Crippen molar-refractivity contribution < 1.29 is 9.90 Å². The Hall–Kier alpha value is -0.650. The molecule has 2 aliphatic rings. The van der Waals surface area contributed by atoms with Crippen LogP contribution in [-0.4, -0.2) is 66.2 Å². The summed E-state index contributed by atoms with van der Waals surface area (Å²) in [4.78, 5) is 16.2. The van der Waals surface area contributed by atoms with Gasteiger partial charge in [0.15, 0.2) is 0 Å². The first kappa shape index (κ1) is 15.7. The van der Waals surface area contributed by atoms with Crippen molar-refractivity contribution in [2.75, 3.05) is 33.7 Å². The van der Waals surface area contributed by atoms with E-state index < -0.39 is 11.5 Å². The van der Waals surface area contributed by atoms with E-state index in [2.05, 4.69) is 23.9 Å². The lowest BCUT2D eigenvalue weighted by Crippen LogP contribution is -2.51. The summed E-state index contributed by atoms with van der Waals surface area (Å²) in [6.07, 6.45) is 6.00. The Morgan fingerprint density at radius 2 is 2.15 bits per heavy atom. The molecule has 0 amide bonds. The number of nitrogens with two attached hydrogens (primary N) is 1. The van der Waals surface area contributed by atoms with Gasteiger partial charge in [0, 0.05) is 12.6 Å². The van der Waals surface area contributed by atoms with Gasteiger partial charge in [0.05, 0.1) is 0 Å². The summed E-state index contributed by atoms with van der Waals surface area (Å²) in [7, 11) is 4.23. The predicted molar refractivity (Wildman–Crippen MR) is 79.7 cm³/mol. The van der Waals surface area contributed by atoms with Gasteiger partial charge < -0.3 is 15.7 Å². The van der Waals surface area contributed by atoms with Gasteiger partial charge in [0.25, 0.3) is 0 Å². The monoisotopic (exact) mass is 283 g/mol. The molecule has 2 rings (SSSR count). The summed E-state index contributed by atoms with van der Waals surface area (Å²) in [5.74, 6) is -0.674. The molecule has 3 atom stereocenters. The van der Waals surface area contributed by atoms with E-state index in [0.29, 0.717) is 12.5 Å². The molecule has 20 heavy (non-hydrogen) atoms. The molecule has 1 saturated carbocycles. The number of carboxylic acid groups (broad SMARTS) is 1. The van der Waals surface area contributed by atoms with Gasteiger partial charge in [0.1, 0.15) is 5.54 Å². The van der Waals surface area contributed by atoms with E-state index in [9.17, 15) is 9.90 Å². The van der Waals surface area contributed by atoms with Gasteiger partial charge in [-0.3, -0.25) is 9.69 Å². The molecular weight excluding hydrogens is 254 g/mol. The lowest BCUT2D eigenvalue weighted by Gasteiger charge is -2.31. The van der Waals surface area contributed by atoms with Crippen LogP contribution in [0.3, 0.4) is 0 Å². The average Bonchev–Trinajstić information content (AvgIpc) is 2.94. The van der Waals surface area contributed by atoms with E-state index in [1.54, 1.807) is 0 Å². The van der Waals surface area contributed by atoms with E-state index in [4.69, 9.17) is 5.73 Å². The van der Waals surface area contributed by atoms with E-state index in [0.717, 1.165) is 38.9 Å². The SMILES string of the molecule is CN(C)CC1CCCN1CCC1CCCC1(N)C(=O)O. The highest BCUT2D eigenvalue weighted by molar-refractivity contribution is 5.79. The number of nitrogens with zero attached hydrogens (tertiary/aromatic N) is 2. The smallest absolute Gasteiger partial charge is 0.323 e. The zero-order valence-electron chi connectivity index (χ0n) is 12.8. The highest BCUT2D eigenvalue weighted by atomic mass is 16.4. The molecule has 0 bridgehead atoms. The molecule has 1 saturated heterocycles. The molecule has 3 unspecified atom stereocenters. The van der Waals surface area contributed by atoms with Crippen molar-refractivity contribution in [2.24, 2.45) is 11.7 Å². The van der Waals surface area contributed by atoms with Crippen LogP contribution in [0.5, 0.6) is 0 Å². The zero-order chi connectivity index (χ0) is 14.8. The third kappa shape index (κ3) is 3.32. The first-order chi connectivity index (χ1) is 9.43. The summed E-state index contributed by atoms with van der Waals surface area (Å²) in [6, 6.07) is 0.628. The Balaban J connectivity index is 1.86. The van der Waals surface area contributed by atoms with Crippen LogP contribution in [0, 0.1) is 5.92 Å². The van der Waals surface area contributed by atoms with Crippen LogP contribution in [0.1, 0.15) is 38.5 Å². The lowest BCUT2D eigenvalue weighted by molar-refractivity contribution is -0.144. The number of rotatable bonds is 6. The van der Waals surface area contributed by atoms with E-state index in [-0.39, 0.29) is 5.92 Å². The molecule has 0 aromatic rings. The topological polar surface area (TPSA) is 69.8 Å². The molecule has 3 N–H and O–H groups in total. The second kappa shape index (κ2) is 6.41. The largest absolute Gasteiger partial charge is 0.480 e. The minimum atomic E-state index is -0.975. The molecule has 1 aliphatic heterocycles. The number of likely N-dealkylation sites (tertiary alicyclic amines) is 1. The molecule has 116 valence electrons. The summed E-state index contributed by atoms with van der Waals surface area (Å²) >= 11 is 0. The molecular formula is C15H29N3O2. The van der Waals surface area contributed by atoms with Crippen molar-refractivity contribution in [3.63, 3.8) is 0 Å². The van der Waals surface area contributed by atoms with E-state index >= 15 is 0 Å². The molecule has 0 aromatic carbocycles. The number of hydrogen-bond donors (Lipinski definition) is 2. The lowest BCUT2D eigenvalue weighted by atomic mass is 9.85. The summed E-state index contributed by atoms with van der Waals surface area (Å²) < 4.78 is 0. The van der Waals surface area contributed by atoms with Crippen molar-refractivity contribution in [2.45, 2.75) is 50.1 Å². The van der Waals surface area contributed by atoms with Gasteiger partial charge in [-0.1, -0.05) is 6.42 Å². The van der Waals surface area contributed by atoms with Gasteiger partial charge in [-0.25, -0.2) is 0 Å². The number of carboxylic acids is 1. The second-order valence-corrected chi connectivity index (χ2v) is 6.82. The number of aliphatic carboxylic acids is 1. The standard InChI is InChI=1S/C15H29N3O2/c1-17(2)11-13-6-4-9-18(13)10-7-12-5-3-8-15(12,16)14(19)20/h12-13H,3-11,16H2,1-2H3,(H,19,20). The Labute approximate surface area is 122 Å². The molecule has 0 radical (unpaired) electrons. The molecule has 2 fully saturated rings. The summed E-state index contributed by atoms with van der Waals surface area (Å²) in [6.45, 7) is 3.24. The predicted octanol–water partition coefficient (Wildman–Crippen LogP) is 0.985. The van der Waals surface area contributed by atoms with Crippen LogP contribution in [0.4, 0.5) is 0 Å². The molecule has 5 heteroatoms. The van der Waals surface area contributed by atoms with Crippen LogP contribution < -0.4 is 5.73 Å². The highest BCUT2D eigenvalue weighted by Gasteiger charge is 2.45. The maximum Gasteiger partial charge on any atom is 0.323 e. The van der Waals surface area contributed by atoms with Crippen molar-refractivity contribution in [3.8, 4) is 0 Å². The molecule has 1 heterocycles. The Morgan fingerprint density at radius 3 is 2.80 bits per heavy atom. The van der Waals surface area contributed by atoms with Crippen molar-refractivity contribution in [1.29, 1.82) is 0 Å². The van der Waals surface area contributed by atoms with E-state index in [1.807, 2.05) is 0 Å². The summed E-state index contributed by atoms with van der Waals surface area (Å²) in [5.41, 5.74) is 5.14. The van der Waals surface area contributed by atoms with Gasteiger partial charge in [0.2, 0.25) is 0 Å². The fourth-order valence-electron chi connectivity index (χ4n) is 3.93. The van der Waals surface area contributed by atoms with Gasteiger partial charge in [-0.15, -0.1) is 0 Å². The molecule has 5 nitrogen and oxygen atoms in total. The maximum absolute atomic E-state index is 11.4. The highest BCUT2D eigenvalue weighted by Crippen LogP contribution is 2.36. The number of likely N-dealkylation sites (N-methyl/N-ethyl adjacent to an activating group) is 1. The van der Waals surface area contributed by atoms with Crippen LogP contribution in [0.25, 0.3) is 0 Å². The van der Waals surface area contributed by atoms with Gasteiger partial charge in [-0.2, -0.15) is 0 Å². The Morgan fingerprint density at radius 1 is 1.40 bits per heavy atom. The normalized spacial score (nSPS) is 35.0. The minimum Gasteiger partial charge on any atom is -0.480 e. The first-order valence-corrected chi connectivity index (χ1v) is 7.84. The average molecular weight is 283 g/mol. The zero-order valence-corrected chi connectivity index (χ0v) is 12.8. The second-order valence-electron chi connectivity index (χ2n) is 6.82. The fraction of sp³-hybridized carbons (Fsp3) is 0.933. The number of hydrogen-bond acceptors (Lipinski definition) is 4. The minimum absolute atomic E-state index is 0.139. The van der Waals surface area contributed by atoms with Crippen LogP contribution >= 0.6 is 0 Å². The van der Waals surface area contributed by atoms with Crippen molar-refractivity contribution >= 4 is 5.97 Å². The third-order valence-corrected chi connectivity index (χ3v) is 5.11. The van der Waals surface area contributed by atoms with Crippen molar-refractivity contribution in [3.05, 3.63) is 0 Å².